The number of Topliss-reactive ketones (excluding diaryl/α,β-unsaturated/α-hetero) is 1. The Morgan fingerprint density at radius 1 is 1.14 bits per heavy atom. The highest BCUT2D eigenvalue weighted by Gasteiger charge is 2.11. The Hall–Kier alpha value is -0.990. The second-order valence-electron chi connectivity index (χ2n) is 4.00. The lowest BCUT2D eigenvalue weighted by atomic mass is 9.98. The molecule has 0 saturated carbocycles. The zero-order valence-electron chi connectivity index (χ0n) is 9.41. The second-order valence-corrected chi connectivity index (χ2v) is 4.00. The SMILES string of the molecule is CC(C)C(=O)CC/C(=N/C=O)C(C)C. The average Bonchev–Trinajstić information content (AvgIpc) is 2.10. The van der Waals surface area contributed by atoms with Crippen molar-refractivity contribution in [3.63, 3.8) is 0 Å². The molecule has 0 aliphatic heterocycles. The van der Waals surface area contributed by atoms with Crippen molar-refractivity contribution in [2.24, 2.45) is 16.8 Å². The van der Waals surface area contributed by atoms with E-state index < -0.39 is 0 Å². The normalized spacial score (nSPS) is 12.3. The maximum absolute atomic E-state index is 11.3. The summed E-state index contributed by atoms with van der Waals surface area (Å²) in [6.07, 6.45) is 1.64. The number of ketones is 1. The standard InChI is InChI=1S/C11H19NO2/c1-8(2)10(12-7-13)5-6-11(14)9(3)4/h7-9H,5-6H2,1-4H3/b12-10-. The van der Waals surface area contributed by atoms with E-state index in [9.17, 15) is 9.59 Å². The van der Waals surface area contributed by atoms with Crippen LogP contribution >= 0.6 is 0 Å². The summed E-state index contributed by atoms with van der Waals surface area (Å²) in [6.45, 7) is 7.72. The molecule has 1 amide bonds. The lowest BCUT2D eigenvalue weighted by Crippen LogP contribution is -2.13. The van der Waals surface area contributed by atoms with Gasteiger partial charge in [0.2, 0.25) is 6.41 Å². The van der Waals surface area contributed by atoms with E-state index in [2.05, 4.69) is 4.99 Å². The van der Waals surface area contributed by atoms with E-state index in [0.717, 1.165) is 5.71 Å². The third-order valence-electron chi connectivity index (χ3n) is 2.16. The molecule has 0 fully saturated rings. The van der Waals surface area contributed by atoms with Crippen LogP contribution in [-0.2, 0) is 9.59 Å². The van der Waals surface area contributed by atoms with E-state index >= 15 is 0 Å². The van der Waals surface area contributed by atoms with Crippen LogP contribution in [0.4, 0.5) is 0 Å². The molecule has 0 unspecified atom stereocenters. The van der Waals surface area contributed by atoms with Crippen LogP contribution in [0.3, 0.4) is 0 Å². The van der Waals surface area contributed by atoms with Crippen molar-refractivity contribution in [2.45, 2.75) is 40.5 Å². The molecule has 3 heteroatoms. The van der Waals surface area contributed by atoms with E-state index in [1.165, 1.54) is 0 Å². The van der Waals surface area contributed by atoms with Gasteiger partial charge in [0.05, 0.1) is 0 Å². The van der Waals surface area contributed by atoms with Gasteiger partial charge in [-0.1, -0.05) is 27.7 Å². The molecule has 14 heavy (non-hydrogen) atoms. The first-order chi connectivity index (χ1) is 6.49. The molecular weight excluding hydrogens is 178 g/mol. The van der Waals surface area contributed by atoms with Gasteiger partial charge >= 0.3 is 0 Å². The second kappa shape index (κ2) is 6.46. The van der Waals surface area contributed by atoms with E-state index in [1.807, 2.05) is 27.7 Å². The van der Waals surface area contributed by atoms with Crippen LogP contribution in [0, 0.1) is 11.8 Å². The number of carbonyl (C=O) groups excluding carboxylic acids is 2. The molecule has 0 aliphatic rings. The summed E-state index contributed by atoms with van der Waals surface area (Å²) in [5, 5.41) is 0. The number of nitrogens with zero attached hydrogens (tertiary/aromatic N) is 1. The summed E-state index contributed by atoms with van der Waals surface area (Å²) in [5.74, 6) is 0.532. The maximum Gasteiger partial charge on any atom is 0.232 e. The van der Waals surface area contributed by atoms with Crippen molar-refractivity contribution in [1.29, 1.82) is 0 Å². The van der Waals surface area contributed by atoms with Gasteiger partial charge < -0.3 is 0 Å². The monoisotopic (exact) mass is 197 g/mol. The van der Waals surface area contributed by atoms with Crippen LogP contribution in [0.15, 0.2) is 4.99 Å². The minimum absolute atomic E-state index is 0.0691. The smallest absolute Gasteiger partial charge is 0.232 e. The summed E-state index contributed by atoms with van der Waals surface area (Å²) >= 11 is 0. The van der Waals surface area contributed by atoms with Crippen LogP contribution in [-0.4, -0.2) is 17.9 Å². The quantitative estimate of drug-likeness (QED) is 0.484. The largest absolute Gasteiger partial charge is 0.299 e. The summed E-state index contributed by atoms with van der Waals surface area (Å²) in [4.78, 5) is 25.3. The fourth-order valence-electron chi connectivity index (χ4n) is 1.11. The number of amides is 1. The molecule has 0 aromatic carbocycles. The number of aliphatic imine (C=N–C) groups is 1. The van der Waals surface area contributed by atoms with Crippen LogP contribution < -0.4 is 0 Å². The first kappa shape index (κ1) is 13.0. The van der Waals surface area contributed by atoms with Gasteiger partial charge in [0, 0.05) is 18.1 Å². The van der Waals surface area contributed by atoms with Gasteiger partial charge in [-0.15, -0.1) is 0 Å². The van der Waals surface area contributed by atoms with Crippen molar-refractivity contribution < 1.29 is 9.59 Å². The van der Waals surface area contributed by atoms with Gasteiger partial charge in [-0.05, 0) is 12.3 Å². The predicted octanol–water partition coefficient (Wildman–Crippen LogP) is 2.25. The first-order valence-corrected chi connectivity index (χ1v) is 5.02. The molecule has 0 spiro atoms. The molecule has 0 bridgehead atoms. The molecule has 3 nitrogen and oxygen atoms in total. The van der Waals surface area contributed by atoms with Gasteiger partial charge in [0.25, 0.3) is 0 Å². The van der Waals surface area contributed by atoms with E-state index in [1.54, 1.807) is 0 Å². The minimum atomic E-state index is 0.0691. The molecule has 0 heterocycles. The molecular formula is C11H19NO2. The lowest BCUT2D eigenvalue weighted by molar-refractivity contribution is -0.121. The Morgan fingerprint density at radius 2 is 1.71 bits per heavy atom. The lowest BCUT2D eigenvalue weighted by Gasteiger charge is -2.09. The van der Waals surface area contributed by atoms with Gasteiger partial charge in [-0.2, -0.15) is 0 Å². The summed E-state index contributed by atoms with van der Waals surface area (Å²) in [7, 11) is 0. The van der Waals surface area contributed by atoms with Gasteiger partial charge in [0.1, 0.15) is 5.78 Å². The summed E-state index contributed by atoms with van der Waals surface area (Å²) < 4.78 is 0. The highest BCUT2D eigenvalue weighted by atomic mass is 16.1. The van der Waals surface area contributed by atoms with E-state index in [0.29, 0.717) is 19.3 Å². The molecule has 80 valence electrons. The molecule has 0 rings (SSSR count). The minimum Gasteiger partial charge on any atom is -0.299 e. The zero-order chi connectivity index (χ0) is 11.1. The van der Waals surface area contributed by atoms with Crippen LogP contribution in [0.2, 0.25) is 0 Å². The number of hydrogen-bond donors (Lipinski definition) is 0. The highest BCUT2D eigenvalue weighted by Crippen LogP contribution is 2.08. The molecule has 0 saturated heterocycles. The average molecular weight is 197 g/mol. The maximum atomic E-state index is 11.3. The van der Waals surface area contributed by atoms with Gasteiger partial charge in [0.15, 0.2) is 0 Å². The molecule has 0 N–H and O–H groups in total. The van der Waals surface area contributed by atoms with Crippen molar-refractivity contribution in [1.82, 2.24) is 0 Å². The fourth-order valence-corrected chi connectivity index (χ4v) is 1.11. The van der Waals surface area contributed by atoms with Crippen molar-refractivity contribution >= 4 is 17.9 Å². The summed E-state index contributed by atoms with van der Waals surface area (Å²) in [5.41, 5.74) is 0.814. The van der Waals surface area contributed by atoms with Crippen molar-refractivity contribution in [3.05, 3.63) is 0 Å². The van der Waals surface area contributed by atoms with Crippen LogP contribution in [0.5, 0.6) is 0 Å². The Balaban J connectivity index is 4.14. The van der Waals surface area contributed by atoms with E-state index in [-0.39, 0.29) is 17.6 Å². The van der Waals surface area contributed by atoms with Gasteiger partial charge in [-0.25, -0.2) is 4.99 Å². The zero-order valence-corrected chi connectivity index (χ0v) is 9.41. The third-order valence-corrected chi connectivity index (χ3v) is 2.16. The number of rotatable bonds is 6. The Bertz CT molecular complexity index is 229. The summed E-state index contributed by atoms with van der Waals surface area (Å²) in [6, 6.07) is 0. The Morgan fingerprint density at radius 3 is 2.07 bits per heavy atom. The van der Waals surface area contributed by atoms with Crippen molar-refractivity contribution in [3.8, 4) is 0 Å². The topological polar surface area (TPSA) is 46.5 Å². The fraction of sp³-hybridized carbons (Fsp3) is 0.727. The number of carbonyl (C=O) groups is 2. The first-order valence-electron chi connectivity index (χ1n) is 5.02. The Labute approximate surface area is 85.6 Å². The predicted molar refractivity (Wildman–Crippen MR) is 57.4 cm³/mol. The van der Waals surface area contributed by atoms with Crippen LogP contribution in [0.25, 0.3) is 0 Å². The Kier molecular flexibility index (Phi) is 6.00. The highest BCUT2D eigenvalue weighted by molar-refractivity contribution is 5.94. The van der Waals surface area contributed by atoms with Crippen LogP contribution in [0.1, 0.15) is 40.5 Å². The van der Waals surface area contributed by atoms with E-state index in [4.69, 9.17) is 0 Å². The molecule has 0 aromatic heterocycles. The molecule has 0 atom stereocenters. The molecule has 0 aliphatic carbocycles. The molecule has 0 aromatic rings. The number of hydrogen-bond acceptors (Lipinski definition) is 2. The third kappa shape index (κ3) is 4.90. The van der Waals surface area contributed by atoms with Crippen molar-refractivity contribution in [2.75, 3.05) is 0 Å². The molecule has 0 radical (unpaired) electrons. The van der Waals surface area contributed by atoms with Gasteiger partial charge in [-0.3, -0.25) is 9.59 Å².